The Morgan fingerprint density at radius 2 is 1.96 bits per heavy atom. The zero-order chi connectivity index (χ0) is 18.9. The summed E-state index contributed by atoms with van der Waals surface area (Å²) in [5.74, 6) is -0.637. The summed E-state index contributed by atoms with van der Waals surface area (Å²) in [6.45, 7) is 3.01. The minimum Gasteiger partial charge on any atom is -0.481 e. The number of hydrogen-bond acceptors (Lipinski definition) is 4. The first-order chi connectivity index (χ1) is 13.1. The maximum atomic E-state index is 11.8. The summed E-state index contributed by atoms with van der Waals surface area (Å²) < 4.78 is 2.15. The number of piperidine rings is 1. The fourth-order valence-electron chi connectivity index (χ4n) is 4.32. The molecule has 2 fully saturated rings. The molecule has 0 aliphatic carbocycles. The Hall–Kier alpha value is -2.67. The lowest BCUT2D eigenvalue weighted by molar-refractivity contribution is -0.144. The zero-order valence-corrected chi connectivity index (χ0v) is 15.2. The molecule has 0 radical (unpaired) electrons. The molecule has 1 spiro atoms. The minimum atomic E-state index is -0.875. The fourth-order valence-corrected chi connectivity index (χ4v) is 4.32. The Morgan fingerprint density at radius 3 is 2.67 bits per heavy atom. The van der Waals surface area contributed by atoms with Crippen molar-refractivity contribution >= 4 is 11.9 Å². The van der Waals surface area contributed by atoms with Crippen LogP contribution in [0.4, 0.5) is 0 Å². The molecule has 0 unspecified atom stereocenters. The third-order valence-corrected chi connectivity index (χ3v) is 5.85. The highest BCUT2D eigenvalue weighted by molar-refractivity contribution is 5.88. The summed E-state index contributed by atoms with van der Waals surface area (Å²) in [6.07, 6.45) is 5.23. The van der Waals surface area contributed by atoms with Crippen LogP contribution >= 0.6 is 0 Å². The van der Waals surface area contributed by atoms with Gasteiger partial charge in [-0.3, -0.25) is 14.5 Å². The number of likely N-dealkylation sites (tertiary alicyclic amines) is 1. The molecule has 0 saturated carbocycles. The largest absolute Gasteiger partial charge is 0.481 e. The number of nitrogens with zero attached hydrogens (tertiary/aromatic N) is 3. The number of carboxylic acid groups (broad SMARTS) is 1. The number of carbonyl (C=O) groups excluding carboxylic acids is 1. The molecule has 4 rings (SSSR count). The Morgan fingerprint density at radius 1 is 1.22 bits per heavy atom. The Labute approximate surface area is 158 Å². The Balaban J connectivity index is 1.40. The number of hydrogen-bond donors (Lipinski definition) is 2. The van der Waals surface area contributed by atoms with E-state index >= 15 is 0 Å². The fraction of sp³-hybridized carbons (Fsp3) is 0.450. The lowest BCUT2D eigenvalue weighted by atomic mass is 9.78. The second-order valence-electron chi connectivity index (χ2n) is 7.53. The van der Waals surface area contributed by atoms with E-state index in [4.69, 9.17) is 0 Å². The lowest BCUT2D eigenvalue weighted by Gasteiger charge is -2.41. The van der Waals surface area contributed by atoms with Crippen LogP contribution in [0, 0.1) is 5.92 Å². The Bertz CT molecular complexity index is 825. The number of benzene rings is 1. The highest BCUT2D eigenvalue weighted by Crippen LogP contribution is 2.37. The van der Waals surface area contributed by atoms with E-state index in [0.29, 0.717) is 12.8 Å². The minimum absolute atomic E-state index is 0.0941. The highest BCUT2D eigenvalue weighted by atomic mass is 16.4. The zero-order valence-electron chi connectivity index (χ0n) is 15.2. The van der Waals surface area contributed by atoms with E-state index in [9.17, 15) is 14.7 Å². The van der Waals surface area contributed by atoms with Gasteiger partial charge in [-0.1, -0.05) is 30.3 Å². The van der Waals surface area contributed by atoms with Crippen molar-refractivity contribution in [2.45, 2.75) is 37.9 Å². The van der Waals surface area contributed by atoms with Crippen molar-refractivity contribution in [1.29, 1.82) is 0 Å². The van der Waals surface area contributed by atoms with E-state index in [1.807, 2.05) is 30.6 Å². The second kappa shape index (κ2) is 7.15. The van der Waals surface area contributed by atoms with Crippen LogP contribution in [0.15, 0.2) is 42.7 Å². The average Bonchev–Trinajstić information content (AvgIpc) is 3.22. The van der Waals surface area contributed by atoms with Crippen LogP contribution in [0.25, 0.3) is 0 Å². The summed E-state index contributed by atoms with van der Waals surface area (Å²) in [7, 11) is 0. The number of carboxylic acids is 1. The molecule has 7 nitrogen and oxygen atoms in total. The van der Waals surface area contributed by atoms with Gasteiger partial charge in [0.05, 0.1) is 18.0 Å². The standard InChI is InChI=1S/C20H24N4O3/c25-18-12-16(19(26)27)20(22-18)6-9-23(10-7-20)14-17-21-8-11-24(17)13-15-4-2-1-3-5-15/h1-5,8,11,16H,6-7,9-10,12-14H2,(H,22,25)(H,26,27)/t16-/m1/s1. The summed E-state index contributed by atoms with van der Waals surface area (Å²) >= 11 is 0. The molecular formula is C20H24N4O3. The molecule has 2 aromatic rings. The van der Waals surface area contributed by atoms with E-state index in [2.05, 4.69) is 31.9 Å². The lowest BCUT2D eigenvalue weighted by Crippen LogP contribution is -2.55. The van der Waals surface area contributed by atoms with Crippen molar-refractivity contribution < 1.29 is 14.7 Å². The van der Waals surface area contributed by atoms with Crippen molar-refractivity contribution in [2.75, 3.05) is 13.1 Å². The molecular weight excluding hydrogens is 344 g/mol. The summed E-state index contributed by atoms with van der Waals surface area (Å²) in [5, 5.41) is 12.4. The van der Waals surface area contributed by atoms with Crippen LogP contribution in [-0.4, -0.2) is 50.1 Å². The number of aliphatic carboxylic acids is 1. The van der Waals surface area contributed by atoms with Crippen LogP contribution < -0.4 is 5.32 Å². The first kappa shape index (κ1) is 17.7. The average molecular weight is 368 g/mol. The van der Waals surface area contributed by atoms with E-state index < -0.39 is 17.4 Å². The first-order valence-corrected chi connectivity index (χ1v) is 9.36. The van der Waals surface area contributed by atoms with Gasteiger partial charge < -0.3 is 15.0 Å². The van der Waals surface area contributed by atoms with Gasteiger partial charge in [0.1, 0.15) is 5.82 Å². The maximum Gasteiger partial charge on any atom is 0.309 e. The third kappa shape index (κ3) is 3.60. The van der Waals surface area contributed by atoms with Gasteiger partial charge in [-0.25, -0.2) is 4.98 Å². The van der Waals surface area contributed by atoms with Crippen molar-refractivity contribution in [3.63, 3.8) is 0 Å². The molecule has 2 N–H and O–H groups in total. The van der Waals surface area contributed by atoms with Gasteiger partial charge in [-0.15, -0.1) is 0 Å². The molecule has 3 heterocycles. The van der Waals surface area contributed by atoms with Gasteiger partial charge in [0, 0.05) is 38.4 Å². The highest BCUT2D eigenvalue weighted by Gasteiger charge is 2.51. The second-order valence-corrected chi connectivity index (χ2v) is 7.53. The van der Waals surface area contributed by atoms with Gasteiger partial charge in [-0.05, 0) is 18.4 Å². The van der Waals surface area contributed by atoms with E-state index in [1.165, 1.54) is 5.56 Å². The van der Waals surface area contributed by atoms with Crippen LogP contribution in [-0.2, 0) is 22.7 Å². The van der Waals surface area contributed by atoms with Crippen molar-refractivity contribution in [1.82, 2.24) is 19.8 Å². The number of nitrogens with one attached hydrogen (secondary N) is 1. The van der Waals surface area contributed by atoms with E-state index in [1.54, 1.807) is 0 Å². The van der Waals surface area contributed by atoms with Crippen molar-refractivity contribution in [2.24, 2.45) is 5.92 Å². The molecule has 0 bridgehead atoms. The molecule has 1 amide bonds. The molecule has 1 aromatic heterocycles. The predicted molar refractivity (Wildman–Crippen MR) is 98.9 cm³/mol. The van der Waals surface area contributed by atoms with Crippen LogP contribution in [0.5, 0.6) is 0 Å². The number of rotatable bonds is 5. The summed E-state index contributed by atoms with van der Waals surface area (Å²) in [4.78, 5) is 30.1. The molecule has 1 aromatic carbocycles. The molecule has 2 saturated heterocycles. The van der Waals surface area contributed by atoms with Crippen molar-refractivity contribution in [3.05, 3.63) is 54.1 Å². The predicted octanol–water partition coefficient (Wildman–Crippen LogP) is 1.49. The molecule has 7 heteroatoms. The number of aromatic nitrogens is 2. The Kier molecular flexibility index (Phi) is 4.70. The molecule has 2 aliphatic rings. The topological polar surface area (TPSA) is 87.5 Å². The molecule has 2 aliphatic heterocycles. The number of carbonyl (C=O) groups is 2. The smallest absolute Gasteiger partial charge is 0.309 e. The van der Waals surface area contributed by atoms with E-state index in [0.717, 1.165) is 32.0 Å². The summed E-state index contributed by atoms with van der Waals surface area (Å²) in [6, 6.07) is 10.3. The molecule has 142 valence electrons. The quantitative estimate of drug-likeness (QED) is 0.835. The van der Waals surface area contributed by atoms with Gasteiger partial charge in [0.15, 0.2) is 0 Å². The van der Waals surface area contributed by atoms with Gasteiger partial charge in [0.25, 0.3) is 0 Å². The third-order valence-electron chi connectivity index (χ3n) is 5.85. The molecule has 1 atom stereocenters. The van der Waals surface area contributed by atoms with Crippen LogP contribution in [0.3, 0.4) is 0 Å². The van der Waals surface area contributed by atoms with Gasteiger partial charge in [-0.2, -0.15) is 0 Å². The monoisotopic (exact) mass is 368 g/mol. The summed E-state index contributed by atoms with van der Waals surface area (Å²) in [5.41, 5.74) is 0.645. The maximum absolute atomic E-state index is 11.8. The van der Waals surface area contributed by atoms with Gasteiger partial charge in [0.2, 0.25) is 5.91 Å². The van der Waals surface area contributed by atoms with E-state index in [-0.39, 0.29) is 12.3 Å². The van der Waals surface area contributed by atoms with Crippen LogP contribution in [0.1, 0.15) is 30.7 Å². The van der Waals surface area contributed by atoms with Crippen molar-refractivity contribution in [3.8, 4) is 0 Å². The number of imidazole rings is 1. The normalized spacial score (nSPS) is 22.1. The van der Waals surface area contributed by atoms with Gasteiger partial charge >= 0.3 is 5.97 Å². The van der Waals surface area contributed by atoms with Crippen LogP contribution in [0.2, 0.25) is 0 Å². The molecule has 27 heavy (non-hydrogen) atoms. The SMILES string of the molecule is O=C1C[C@H](C(=O)O)C2(CCN(Cc3nccn3Cc3ccccc3)CC2)N1. The first-order valence-electron chi connectivity index (χ1n) is 9.36. The number of amides is 1.